The molecule has 0 amide bonds. The minimum atomic E-state index is -1.79. The summed E-state index contributed by atoms with van der Waals surface area (Å²) in [5.41, 5.74) is 5.50. The van der Waals surface area contributed by atoms with Crippen molar-refractivity contribution < 1.29 is 9.16 Å². The number of fused-ring (bicyclic) bond motifs is 1. The Balaban J connectivity index is 1.41. The summed E-state index contributed by atoms with van der Waals surface area (Å²) in [7, 11) is 0.140. The van der Waals surface area contributed by atoms with E-state index in [1.54, 1.807) is 0 Å². The molecule has 3 aromatic rings. The molecule has 0 spiro atoms. The molecule has 1 saturated heterocycles. The van der Waals surface area contributed by atoms with Crippen LogP contribution in [0.2, 0.25) is 18.1 Å². The summed E-state index contributed by atoms with van der Waals surface area (Å²) in [5, 5.41) is 4.55. The number of aryl methyl sites for hydroxylation is 3. The molecule has 4 heterocycles. The van der Waals surface area contributed by atoms with Crippen LogP contribution >= 0.6 is 0 Å². The maximum Gasteiger partial charge on any atom is 0.227 e. The lowest BCUT2D eigenvalue weighted by Gasteiger charge is -2.41. The Labute approximate surface area is 227 Å². The first-order valence-corrected chi connectivity index (χ1v) is 16.9. The molecule has 10 heteroatoms. The molecule has 0 aromatic carbocycles. The smallest absolute Gasteiger partial charge is 0.227 e. The Morgan fingerprint density at radius 1 is 1.00 bits per heavy atom. The summed E-state index contributed by atoms with van der Waals surface area (Å²) < 4.78 is 14.7. The second-order valence-corrected chi connectivity index (χ2v) is 17.3. The Bertz CT molecular complexity index is 1290. The fourth-order valence-electron chi connectivity index (χ4n) is 5.23. The molecule has 38 heavy (non-hydrogen) atoms. The summed E-state index contributed by atoms with van der Waals surface area (Å²) in [6, 6.07) is 0. The Morgan fingerprint density at radius 2 is 1.71 bits per heavy atom. The number of aromatic nitrogens is 6. The lowest BCUT2D eigenvalue weighted by molar-refractivity contribution is 0.0392. The Hall–Kier alpha value is -2.43. The lowest BCUT2D eigenvalue weighted by Crippen LogP contribution is -2.44. The van der Waals surface area contributed by atoms with Gasteiger partial charge in [-0.15, -0.1) is 0 Å². The molecule has 2 fully saturated rings. The van der Waals surface area contributed by atoms with Crippen LogP contribution in [0, 0.1) is 13.8 Å². The van der Waals surface area contributed by atoms with E-state index in [-0.39, 0.29) is 11.1 Å². The van der Waals surface area contributed by atoms with E-state index in [1.165, 1.54) is 0 Å². The third-order valence-corrected chi connectivity index (χ3v) is 13.3. The van der Waals surface area contributed by atoms with Crippen molar-refractivity contribution in [1.82, 2.24) is 29.7 Å². The molecule has 0 N–H and O–H groups in total. The SMILES string of the molecule is Cc1nc2nc(N3CCO[C@@H](c4cnn(C)c4)C3)nc(C3CCC(O[Si](C)(C)C(C)(C)C)CC3)c2nc1C. The van der Waals surface area contributed by atoms with E-state index in [0.717, 1.165) is 66.3 Å². The van der Waals surface area contributed by atoms with E-state index >= 15 is 0 Å². The first-order valence-electron chi connectivity index (χ1n) is 14.0. The Morgan fingerprint density at radius 3 is 2.37 bits per heavy atom. The Kier molecular flexibility index (Phi) is 7.34. The second kappa shape index (κ2) is 10.3. The van der Waals surface area contributed by atoms with Gasteiger partial charge in [-0.3, -0.25) is 4.68 Å². The van der Waals surface area contributed by atoms with Crippen molar-refractivity contribution in [2.75, 3.05) is 24.6 Å². The van der Waals surface area contributed by atoms with Gasteiger partial charge in [-0.25, -0.2) is 15.0 Å². The average molecular weight is 538 g/mol. The van der Waals surface area contributed by atoms with E-state index < -0.39 is 8.32 Å². The van der Waals surface area contributed by atoms with Gasteiger partial charge in [0.25, 0.3) is 0 Å². The number of morpholine rings is 1. The van der Waals surface area contributed by atoms with Crippen LogP contribution in [-0.4, -0.2) is 63.8 Å². The molecule has 1 aliphatic heterocycles. The molecular formula is C28H43N7O2Si. The van der Waals surface area contributed by atoms with Crippen LogP contribution in [0.1, 0.15) is 81.1 Å². The summed E-state index contributed by atoms with van der Waals surface area (Å²) in [6.07, 6.45) is 8.35. The van der Waals surface area contributed by atoms with E-state index in [1.807, 2.05) is 38.0 Å². The van der Waals surface area contributed by atoms with Gasteiger partial charge in [-0.05, 0) is 57.7 Å². The standard InChI is InChI=1S/C28H43N7O2Si/c1-18-19(2)31-26-25(30-18)24(20-9-11-22(12-10-20)37-38(7,8)28(3,4)5)32-27(33-26)35-13-14-36-23(17-35)21-15-29-34(6)16-21/h15-16,20,22-23H,9-14,17H2,1-8H3/t20?,22?,23-/m1/s1. The van der Waals surface area contributed by atoms with Gasteiger partial charge in [0.05, 0.1) is 36.4 Å². The van der Waals surface area contributed by atoms with Gasteiger partial charge in [0.15, 0.2) is 14.0 Å². The highest BCUT2D eigenvalue weighted by Gasteiger charge is 2.40. The van der Waals surface area contributed by atoms with Crippen molar-refractivity contribution in [1.29, 1.82) is 0 Å². The quantitative estimate of drug-likeness (QED) is 0.400. The molecule has 0 unspecified atom stereocenters. The van der Waals surface area contributed by atoms with Crippen LogP contribution in [0.3, 0.4) is 0 Å². The summed E-state index contributed by atoms with van der Waals surface area (Å²) in [4.78, 5) is 22.1. The van der Waals surface area contributed by atoms with Crippen LogP contribution in [-0.2, 0) is 16.2 Å². The largest absolute Gasteiger partial charge is 0.414 e. The van der Waals surface area contributed by atoms with Crippen LogP contribution in [0.25, 0.3) is 11.2 Å². The molecule has 1 aliphatic carbocycles. The minimum absolute atomic E-state index is 0.0611. The molecular weight excluding hydrogens is 494 g/mol. The fraction of sp³-hybridized carbons (Fsp3) is 0.679. The predicted molar refractivity (Wildman–Crippen MR) is 152 cm³/mol. The lowest BCUT2D eigenvalue weighted by atomic mass is 9.85. The third-order valence-electron chi connectivity index (χ3n) is 8.73. The highest BCUT2D eigenvalue weighted by molar-refractivity contribution is 6.74. The molecule has 0 radical (unpaired) electrons. The van der Waals surface area contributed by atoms with Gasteiger partial charge < -0.3 is 14.1 Å². The van der Waals surface area contributed by atoms with Crippen molar-refractivity contribution in [2.45, 2.75) is 96.6 Å². The van der Waals surface area contributed by atoms with Gasteiger partial charge in [-0.1, -0.05) is 20.8 Å². The summed E-state index contributed by atoms with van der Waals surface area (Å²) in [6.45, 7) is 17.7. The highest BCUT2D eigenvalue weighted by atomic mass is 28.4. The van der Waals surface area contributed by atoms with E-state index in [2.05, 4.69) is 43.9 Å². The van der Waals surface area contributed by atoms with Gasteiger partial charge in [0, 0.05) is 37.4 Å². The third kappa shape index (κ3) is 5.48. The molecule has 5 rings (SSSR count). The molecule has 206 valence electrons. The van der Waals surface area contributed by atoms with E-state index in [4.69, 9.17) is 29.1 Å². The second-order valence-electron chi connectivity index (χ2n) is 12.6. The molecule has 9 nitrogen and oxygen atoms in total. The monoisotopic (exact) mass is 537 g/mol. The predicted octanol–water partition coefficient (Wildman–Crippen LogP) is 5.40. The van der Waals surface area contributed by atoms with Crippen molar-refractivity contribution in [2.24, 2.45) is 7.05 Å². The van der Waals surface area contributed by atoms with Crippen LogP contribution < -0.4 is 4.90 Å². The normalized spacial score (nSPS) is 23.3. The number of ether oxygens (including phenoxy) is 1. The van der Waals surface area contributed by atoms with Crippen molar-refractivity contribution >= 4 is 25.4 Å². The van der Waals surface area contributed by atoms with Crippen molar-refractivity contribution in [3.05, 3.63) is 35.0 Å². The van der Waals surface area contributed by atoms with Gasteiger partial charge in [-0.2, -0.15) is 10.1 Å². The van der Waals surface area contributed by atoms with Gasteiger partial charge in [0.2, 0.25) is 5.95 Å². The van der Waals surface area contributed by atoms with Crippen LogP contribution in [0.4, 0.5) is 5.95 Å². The summed E-state index contributed by atoms with van der Waals surface area (Å²) >= 11 is 0. The van der Waals surface area contributed by atoms with Crippen LogP contribution in [0.5, 0.6) is 0 Å². The first-order chi connectivity index (χ1) is 17.9. The molecule has 1 saturated carbocycles. The van der Waals surface area contributed by atoms with Crippen molar-refractivity contribution in [3.8, 4) is 0 Å². The molecule has 3 aromatic heterocycles. The zero-order valence-corrected chi connectivity index (χ0v) is 25.3. The van der Waals surface area contributed by atoms with Gasteiger partial charge >= 0.3 is 0 Å². The zero-order valence-electron chi connectivity index (χ0n) is 24.3. The van der Waals surface area contributed by atoms with Gasteiger partial charge in [0.1, 0.15) is 11.6 Å². The van der Waals surface area contributed by atoms with E-state index in [0.29, 0.717) is 30.8 Å². The number of hydrogen-bond donors (Lipinski definition) is 0. The molecule has 1 atom stereocenters. The maximum atomic E-state index is 6.77. The van der Waals surface area contributed by atoms with Crippen molar-refractivity contribution in [3.63, 3.8) is 0 Å². The number of hydrogen-bond acceptors (Lipinski definition) is 8. The number of rotatable bonds is 5. The molecule has 0 bridgehead atoms. The summed E-state index contributed by atoms with van der Waals surface area (Å²) in [5.74, 6) is 1.05. The number of anilines is 1. The fourth-order valence-corrected chi connectivity index (χ4v) is 6.66. The molecule has 2 aliphatic rings. The maximum absolute atomic E-state index is 6.77. The van der Waals surface area contributed by atoms with Crippen LogP contribution in [0.15, 0.2) is 12.4 Å². The topological polar surface area (TPSA) is 91.1 Å². The zero-order chi connectivity index (χ0) is 27.2. The minimum Gasteiger partial charge on any atom is -0.414 e. The van der Waals surface area contributed by atoms with E-state index in [9.17, 15) is 0 Å². The highest BCUT2D eigenvalue weighted by Crippen LogP contribution is 2.42. The average Bonchev–Trinajstić information content (AvgIpc) is 3.30. The first kappa shape index (κ1) is 27.1. The number of nitrogens with zero attached hydrogens (tertiary/aromatic N) is 7.